The van der Waals surface area contributed by atoms with Crippen LogP contribution in [0.4, 0.5) is 5.69 Å². The molecule has 0 spiro atoms. The molecule has 0 atom stereocenters. The zero-order valence-electron chi connectivity index (χ0n) is 10.6. The molecule has 0 radical (unpaired) electrons. The van der Waals surface area contributed by atoms with Crippen molar-refractivity contribution in [2.45, 2.75) is 18.3 Å². The van der Waals surface area contributed by atoms with E-state index in [-0.39, 0.29) is 0 Å². The van der Waals surface area contributed by atoms with Crippen molar-refractivity contribution in [3.05, 3.63) is 48.5 Å². The molecule has 0 amide bonds. The highest BCUT2D eigenvalue weighted by atomic mass is 79.9. The van der Waals surface area contributed by atoms with Gasteiger partial charge in [-0.25, -0.2) is 4.98 Å². The summed E-state index contributed by atoms with van der Waals surface area (Å²) in [7, 11) is 2.13. The molecule has 0 aliphatic carbocycles. The molecule has 1 aromatic heterocycles. The number of imidazole rings is 1. The number of hydrogen-bond acceptors (Lipinski definition) is 2. The van der Waals surface area contributed by atoms with Gasteiger partial charge in [0.15, 0.2) is 0 Å². The average molecular weight is 308 g/mol. The highest BCUT2D eigenvalue weighted by molar-refractivity contribution is 9.08. The summed E-state index contributed by atoms with van der Waals surface area (Å²) in [5, 5.41) is 0.823. The van der Waals surface area contributed by atoms with Crippen LogP contribution in [0.15, 0.2) is 42.9 Å². The van der Waals surface area contributed by atoms with Gasteiger partial charge in [-0.3, -0.25) is 0 Å². The lowest BCUT2D eigenvalue weighted by molar-refractivity contribution is 0.637. The molecule has 0 aliphatic rings. The summed E-state index contributed by atoms with van der Waals surface area (Å²) >= 11 is 3.41. The van der Waals surface area contributed by atoms with Crippen LogP contribution in [0, 0.1) is 0 Å². The van der Waals surface area contributed by atoms with Gasteiger partial charge < -0.3 is 9.47 Å². The molecule has 0 saturated carbocycles. The third kappa shape index (κ3) is 3.60. The van der Waals surface area contributed by atoms with E-state index in [1.165, 1.54) is 5.69 Å². The van der Waals surface area contributed by atoms with Gasteiger partial charge in [-0.05, 0) is 18.6 Å². The Hall–Kier alpha value is -1.29. The number of benzene rings is 1. The Morgan fingerprint density at radius 1 is 1.28 bits per heavy atom. The lowest BCUT2D eigenvalue weighted by atomic mass is 10.3. The zero-order chi connectivity index (χ0) is 12.8. The number of halogens is 1. The maximum absolute atomic E-state index is 4.29. The van der Waals surface area contributed by atoms with Crippen molar-refractivity contribution in [2.24, 2.45) is 0 Å². The second-order valence-electron chi connectivity index (χ2n) is 4.35. The van der Waals surface area contributed by atoms with Gasteiger partial charge in [-0.2, -0.15) is 0 Å². The summed E-state index contributed by atoms with van der Waals surface area (Å²) in [5.74, 6) is 0. The van der Waals surface area contributed by atoms with Gasteiger partial charge in [0.1, 0.15) is 0 Å². The van der Waals surface area contributed by atoms with Crippen molar-refractivity contribution < 1.29 is 0 Å². The first-order valence-corrected chi connectivity index (χ1v) is 7.24. The predicted molar refractivity (Wildman–Crippen MR) is 79.2 cm³/mol. The van der Waals surface area contributed by atoms with Gasteiger partial charge in [0, 0.05) is 37.4 Å². The number of aryl methyl sites for hydroxylation is 1. The van der Waals surface area contributed by atoms with E-state index in [0.717, 1.165) is 30.5 Å². The molecule has 1 aromatic carbocycles. The van der Waals surface area contributed by atoms with Crippen LogP contribution in [-0.4, -0.2) is 23.1 Å². The molecular formula is C14H18BrN3. The predicted octanol–water partition coefficient (Wildman–Crippen LogP) is 3.30. The van der Waals surface area contributed by atoms with Gasteiger partial charge in [0.2, 0.25) is 0 Å². The number of alkyl halides is 1. The van der Waals surface area contributed by atoms with E-state index in [4.69, 9.17) is 0 Å². The number of para-hydroxylation sites is 1. The molecule has 18 heavy (non-hydrogen) atoms. The Kier molecular flexibility index (Phi) is 4.81. The average Bonchev–Trinajstić information content (AvgIpc) is 2.87. The monoisotopic (exact) mass is 307 g/mol. The second kappa shape index (κ2) is 6.59. The third-order valence-electron chi connectivity index (χ3n) is 2.93. The summed E-state index contributed by atoms with van der Waals surface area (Å²) in [6.07, 6.45) is 5.11. The van der Waals surface area contributed by atoms with E-state index in [2.05, 4.69) is 67.9 Å². The number of rotatable bonds is 6. The molecule has 0 fully saturated rings. The minimum absolute atomic E-state index is 0.823. The van der Waals surface area contributed by atoms with Crippen LogP contribution in [0.5, 0.6) is 0 Å². The summed E-state index contributed by atoms with van der Waals surface area (Å²) in [6, 6.07) is 10.5. The van der Waals surface area contributed by atoms with Crippen LogP contribution in [0.25, 0.3) is 0 Å². The standard InChI is InChI=1S/C14H18BrN3/c1-17(14-6-3-2-4-7-14)8-5-9-18-11-13(10-15)16-12-18/h2-4,6-7,11-12H,5,8-10H2,1H3. The van der Waals surface area contributed by atoms with Crippen molar-refractivity contribution in [3.63, 3.8) is 0 Å². The lowest BCUT2D eigenvalue weighted by Crippen LogP contribution is -2.19. The first-order chi connectivity index (χ1) is 8.79. The first kappa shape index (κ1) is 13.1. The Morgan fingerprint density at radius 3 is 2.72 bits per heavy atom. The highest BCUT2D eigenvalue weighted by Gasteiger charge is 2.00. The van der Waals surface area contributed by atoms with Gasteiger partial charge >= 0.3 is 0 Å². The van der Waals surface area contributed by atoms with Crippen LogP contribution in [0.3, 0.4) is 0 Å². The minimum atomic E-state index is 0.823. The van der Waals surface area contributed by atoms with Gasteiger partial charge in [0.05, 0.1) is 12.0 Å². The SMILES string of the molecule is CN(CCCn1cnc(CBr)c1)c1ccccc1. The number of aromatic nitrogens is 2. The topological polar surface area (TPSA) is 21.1 Å². The van der Waals surface area contributed by atoms with E-state index in [0.29, 0.717) is 0 Å². The van der Waals surface area contributed by atoms with E-state index < -0.39 is 0 Å². The number of hydrogen-bond donors (Lipinski definition) is 0. The molecular weight excluding hydrogens is 290 g/mol. The van der Waals surface area contributed by atoms with Crippen LogP contribution in [0.1, 0.15) is 12.1 Å². The molecule has 0 bridgehead atoms. The summed E-state index contributed by atoms with van der Waals surface area (Å²) in [6.45, 7) is 2.06. The molecule has 1 heterocycles. The van der Waals surface area contributed by atoms with Crippen LogP contribution in [0.2, 0.25) is 0 Å². The molecule has 2 rings (SSSR count). The molecule has 0 N–H and O–H groups in total. The third-order valence-corrected chi connectivity index (χ3v) is 3.50. The summed E-state index contributed by atoms with van der Waals surface area (Å²) in [5.41, 5.74) is 2.36. The van der Waals surface area contributed by atoms with E-state index in [1.54, 1.807) is 0 Å². The fourth-order valence-electron chi connectivity index (χ4n) is 1.90. The van der Waals surface area contributed by atoms with Crippen LogP contribution < -0.4 is 4.90 Å². The second-order valence-corrected chi connectivity index (χ2v) is 4.91. The van der Waals surface area contributed by atoms with E-state index in [9.17, 15) is 0 Å². The smallest absolute Gasteiger partial charge is 0.0949 e. The largest absolute Gasteiger partial charge is 0.375 e. The normalized spacial score (nSPS) is 10.6. The number of anilines is 1. The fourth-order valence-corrected chi connectivity index (χ4v) is 2.19. The van der Waals surface area contributed by atoms with E-state index >= 15 is 0 Å². The van der Waals surface area contributed by atoms with Crippen LogP contribution in [-0.2, 0) is 11.9 Å². The Morgan fingerprint density at radius 2 is 2.06 bits per heavy atom. The molecule has 96 valence electrons. The minimum Gasteiger partial charge on any atom is -0.375 e. The molecule has 2 aromatic rings. The fraction of sp³-hybridized carbons (Fsp3) is 0.357. The molecule has 0 aliphatic heterocycles. The van der Waals surface area contributed by atoms with Crippen molar-refractivity contribution in [1.29, 1.82) is 0 Å². The Labute approximate surface area is 117 Å². The Bertz CT molecular complexity index is 467. The quantitative estimate of drug-likeness (QED) is 0.764. The highest BCUT2D eigenvalue weighted by Crippen LogP contribution is 2.11. The van der Waals surface area contributed by atoms with E-state index in [1.807, 2.05) is 12.4 Å². The van der Waals surface area contributed by atoms with Crippen molar-refractivity contribution >= 4 is 21.6 Å². The van der Waals surface area contributed by atoms with Crippen molar-refractivity contribution in [3.8, 4) is 0 Å². The van der Waals surface area contributed by atoms with Crippen LogP contribution >= 0.6 is 15.9 Å². The number of nitrogens with zero attached hydrogens (tertiary/aromatic N) is 3. The maximum Gasteiger partial charge on any atom is 0.0949 e. The van der Waals surface area contributed by atoms with Crippen molar-refractivity contribution in [2.75, 3.05) is 18.5 Å². The summed E-state index contributed by atoms with van der Waals surface area (Å²) in [4.78, 5) is 6.57. The van der Waals surface area contributed by atoms with Gasteiger partial charge in [-0.15, -0.1) is 0 Å². The molecule has 3 nitrogen and oxygen atoms in total. The maximum atomic E-state index is 4.29. The lowest BCUT2D eigenvalue weighted by Gasteiger charge is -2.19. The van der Waals surface area contributed by atoms with Crippen molar-refractivity contribution in [1.82, 2.24) is 9.55 Å². The zero-order valence-corrected chi connectivity index (χ0v) is 12.2. The molecule has 4 heteroatoms. The molecule has 0 saturated heterocycles. The van der Waals surface area contributed by atoms with Gasteiger partial charge in [0.25, 0.3) is 0 Å². The summed E-state index contributed by atoms with van der Waals surface area (Å²) < 4.78 is 2.15. The Balaban J connectivity index is 1.78. The molecule has 0 unspecified atom stereocenters. The van der Waals surface area contributed by atoms with Gasteiger partial charge in [-0.1, -0.05) is 34.1 Å². The first-order valence-electron chi connectivity index (χ1n) is 6.12.